The van der Waals surface area contributed by atoms with Crippen molar-refractivity contribution in [3.8, 4) is 11.1 Å². The van der Waals surface area contributed by atoms with Crippen LogP contribution in [-0.2, 0) is 28.6 Å². The number of aliphatic carboxylic acids is 1. The first kappa shape index (κ1) is 24.7. The fraction of sp³-hybridized carbons (Fsp3) is 0.333. The van der Waals surface area contributed by atoms with Crippen LogP contribution in [0.5, 0.6) is 0 Å². The molecule has 2 amide bonds. The van der Waals surface area contributed by atoms with Gasteiger partial charge in [0, 0.05) is 13.0 Å². The van der Waals surface area contributed by atoms with E-state index in [0.717, 1.165) is 29.4 Å². The van der Waals surface area contributed by atoms with Crippen molar-refractivity contribution in [1.82, 2.24) is 10.6 Å². The van der Waals surface area contributed by atoms with Crippen LogP contribution in [0.25, 0.3) is 11.1 Å². The number of carbonyl (C=O) groups is 4. The Morgan fingerprint density at radius 1 is 0.912 bits per heavy atom. The van der Waals surface area contributed by atoms with Crippen molar-refractivity contribution in [2.75, 3.05) is 27.4 Å². The Hall–Kier alpha value is -3.92. The van der Waals surface area contributed by atoms with E-state index in [2.05, 4.69) is 15.4 Å². The molecule has 2 aromatic rings. The van der Waals surface area contributed by atoms with E-state index in [1.54, 1.807) is 0 Å². The summed E-state index contributed by atoms with van der Waals surface area (Å²) in [5.74, 6) is -3.23. The van der Waals surface area contributed by atoms with E-state index in [1.165, 1.54) is 7.11 Å². The summed E-state index contributed by atoms with van der Waals surface area (Å²) in [6.45, 7) is -0.193. The molecule has 1 aliphatic rings. The van der Waals surface area contributed by atoms with Gasteiger partial charge in [0.25, 0.3) is 0 Å². The van der Waals surface area contributed by atoms with Crippen LogP contribution in [0, 0.1) is 0 Å². The molecule has 0 bridgehead atoms. The molecular formula is C24H26N2O8. The van der Waals surface area contributed by atoms with Gasteiger partial charge < -0.3 is 30.0 Å². The first-order valence-electron chi connectivity index (χ1n) is 10.6. The molecule has 0 radical (unpaired) electrons. The molecule has 0 heterocycles. The number of fused-ring (bicyclic) bond motifs is 3. The lowest BCUT2D eigenvalue weighted by Crippen LogP contribution is -2.54. The van der Waals surface area contributed by atoms with E-state index in [-0.39, 0.29) is 19.1 Å². The van der Waals surface area contributed by atoms with Crippen molar-refractivity contribution in [2.24, 2.45) is 0 Å². The molecule has 0 aliphatic heterocycles. The molecule has 2 atom stereocenters. The number of benzene rings is 2. The summed E-state index contributed by atoms with van der Waals surface area (Å²) in [6.07, 6.45) is -1.43. The second-order valence-electron chi connectivity index (χ2n) is 7.66. The summed E-state index contributed by atoms with van der Waals surface area (Å²) in [5, 5.41) is 13.9. The molecule has 34 heavy (non-hydrogen) atoms. The van der Waals surface area contributed by atoms with Crippen LogP contribution in [0.15, 0.2) is 48.5 Å². The molecule has 0 saturated carbocycles. The highest BCUT2D eigenvalue weighted by atomic mass is 16.5. The number of nitrogens with one attached hydrogen (secondary N) is 2. The van der Waals surface area contributed by atoms with Crippen molar-refractivity contribution in [2.45, 2.75) is 24.4 Å². The summed E-state index contributed by atoms with van der Waals surface area (Å²) < 4.78 is 14.8. The van der Waals surface area contributed by atoms with Gasteiger partial charge >= 0.3 is 18.0 Å². The molecule has 0 aromatic heterocycles. The topological polar surface area (TPSA) is 140 Å². The number of hydrogen-bond donors (Lipinski definition) is 3. The Labute approximate surface area is 196 Å². The number of amides is 2. The van der Waals surface area contributed by atoms with Crippen LogP contribution >= 0.6 is 0 Å². The van der Waals surface area contributed by atoms with Gasteiger partial charge in [0.15, 0.2) is 0 Å². The predicted octanol–water partition coefficient (Wildman–Crippen LogP) is 1.67. The zero-order chi connectivity index (χ0) is 24.7. The van der Waals surface area contributed by atoms with Crippen molar-refractivity contribution in [1.29, 1.82) is 0 Å². The number of carboxylic acid groups (broad SMARTS) is 1. The Kier molecular flexibility index (Phi) is 8.20. The molecule has 180 valence electrons. The van der Waals surface area contributed by atoms with E-state index in [0.29, 0.717) is 0 Å². The third kappa shape index (κ3) is 5.70. The number of carbonyl (C=O) groups excluding carboxylic acids is 3. The fourth-order valence-electron chi connectivity index (χ4n) is 3.85. The van der Waals surface area contributed by atoms with Gasteiger partial charge in [-0.05, 0) is 22.3 Å². The van der Waals surface area contributed by atoms with Gasteiger partial charge in [0.1, 0.15) is 18.7 Å². The predicted molar refractivity (Wildman–Crippen MR) is 120 cm³/mol. The van der Waals surface area contributed by atoms with Crippen LogP contribution < -0.4 is 10.6 Å². The minimum atomic E-state index is -1.52. The summed E-state index contributed by atoms with van der Waals surface area (Å²) in [4.78, 5) is 47.9. The van der Waals surface area contributed by atoms with Gasteiger partial charge in [-0.15, -0.1) is 0 Å². The third-order valence-electron chi connectivity index (χ3n) is 5.50. The quantitative estimate of drug-likeness (QED) is 0.446. The lowest BCUT2D eigenvalue weighted by molar-refractivity contribution is -0.149. The SMILES string of the molecule is COCC(NC(=O)OCC1c2ccccc2-c2ccccc21)C(=O)N[C@H](CC(=O)OC)C(=O)O. The van der Waals surface area contributed by atoms with Crippen LogP contribution in [-0.4, -0.2) is 68.6 Å². The average molecular weight is 470 g/mol. The maximum atomic E-state index is 12.6. The average Bonchev–Trinajstić information content (AvgIpc) is 3.15. The summed E-state index contributed by atoms with van der Waals surface area (Å²) in [7, 11) is 2.43. The Balaban J connectivity index is 1.63. The van der Waals surface area contributed by atoms with Crippen molar-refractivity contribution >= 4 is 23.9 Å². The molecule has 10 nitrogen and oxygen atoms in total. The van der Waals surface area contributed by atoms with E-state index >= 15 is 0 Å². The van der Waals surface area contributed by atoms with E-state index in [4.69, 9.17) is 9.47 Å². The molecule has 1 aliphatic carbocycles. The molecule has 3 N–H and O–H groups in total. The number of esters is 1. The lowest BCUT2D eigenvalue weighted by Gasteiger charge is -2.21. The highest BCUT2D eigenvalue weighted by molar-refractivity contribution is 5.91. The van der Waals surface area contributed by atoms with Gasteiger partial charge in [0.05, 0.1) is 20.1 Å². The normalized spacial score (nSPS) is 13.7. The maximum Gasteiger partial charge on any atom is 0.407 e. The smallest absolute Gasteiger partial charge is 0.407 e. The first-order valence-corrected chi connectivity index (χ1v) is 10.6. The van der Waals surface area contributed by atoms with Crippen LogP contribution in [0.3, 0.4) is 0 Å². The lowest BCUT2D eigenvalue weighted by atomic mass is 9.98. The number of ether oxygens (including phenoxy) is 3. The second kappa shape index (κ2) is 11.3. The first-order chi connectivity index (χ1) is 16.3. The summed E-state index contributed by atoms with van der Waals surface area (Å²) in [5.41, 5.74) is 4.23. The summed E-state index contributed by atoms with van der Waals surface area (Å²) >= 11 is 0. The minimum Gasteiger partial charge on any atom is -0.480 e. The van der Waals surface area contributed by atoms with E-state index < -0.39 is 42.4 Å². The standard InChI is InChI=1S/C24H26N2O8/c1-32-13-20(22(28)25-19(23(29)30)11-21(27)33-2)26-24(31)34-12-18-16-9-5-3-7-14(16)15-8-4-6-10-17(15)18/h3-10,18-20H,11-13H2,1-2H3,(H,25,28)(H,26,31)(H,29,30)/t19-,20?/m1/s1. The molecule has 0 saturated heterocycles. The van der Waals surface area contributed by atoms with Crippen LogP contribution in [0.4, 0.5) is 4.79 Å². The van der Waals surface area contributed by atoms with E-state index in [9.17, 15) is 24.3 Å². The highest BCUT2D eigenvalue weighted by Gasteiger charge is 2.31. The Bertz CT molecular complexity index is 1020. The second-order valence-corrected chi connectivity index (χ2v) is 7.66. The molecule has 0 fully saturated rings. The van der Waals surface area contributed by atoms with Gasteiger partial charge in [-0.3, -0.25) is 9.59 Å². The molecule has 10 heteroatoms. The number of hydrogen-bond acceptors (Lipinski definition) is 7. The monoisotopic (exact) mass is 470 g/mol. The number of carboxylic acids is 1. The molecule has 0 spiro atoms. The Morgan fingerprint density at radius 2 is 1.50 bits per heavy atom. The van der Waals surface area contributed by atoms with Gasteiger partial charge in [0.2, 0.25) is 5.91 Å². The largest absolute Gasteiger partial charge is 0.480 e. The van der Waals surface area contributed by atoms with E-state index in [1.807, 2.05) is 48.5 Å². The number of alkyl carbamates (subject to hydrolysis) is 1. The molecule has 3 rings (SSSR count). The highest BCUT2D eigenvalue weighted by Crippen LogP contribution is 2.44. The maximum absolute atomic E-state index is 12.6. The zero-order valence-corrected chi connectivity index (χ0v) is 18.8. The molecule has 1 unspecified atom stereocenters. The number of rotatable bonds is 10. The van der Waals surface area contributed by atoms with Crippen molar-refractivity contribution < 1.29 is 38.5 Å². The van der Waals surface area contributed by atoms with Crippen LogP contribution in [0.2, 0.25) is 0 Å². The summed E-state index contributed by atoms with van der Waals surface area (Å²) in [6, 6.07) is 13.0. The van der Waals surface area contributed by atoms with Gasteiger partial charge in [-0.1, -0.05) is 48.5 Å². The van der Waals surface area contributed by atoms with Crippen LogP contribution in [0.1, 0.15) is 23.5 Å². The van der Waals surface area contributed by atoms with Crippen molar-refractivity contribution in [3.05, 3.63) is 59.7 Å². The fourth-order valence-corrected chi connectivity index (χ4v) is 3.85. The zero-order valence-electron chi connectivity index (χ0n) is 18.8. The molecule has 2 aromatic carbocycles. The Morgan fingerprint density at radius 3 is 2.03 bits per heavy atom. The van der Waals surface area contributed by atoms with Gasteiger partial charge in [-0.25, -0.2) is 9.59 Å². The molecular weight excluding hydrogens is 444 g/mol. The number of methoxy groups -OCH3 is 2. The third-order valence-corrected chi connectivity index (χ3v) is 5.50. The van der Waals surface area contributed by atoms with Crippen molar-refractivity contribution in [3.63, 3.8) is 0 Å². The van der Waals surface area contributed by atoms with Gasteiger partial charge in [-0.2, -0.15) is 0 Å². The minimum absolute atomic E-state index is 0.0429.